The van der Waals surface area contributed by atoms with Crippen LogP contribution in [0.2, 0.25) is 0 Å². The number of hydrogen-bond donors (Lipinski definition) is 2. The molecule has 1 aliphatic heterocycles. The number of aliphatic imine (C=N–C) groups is 1. The van der Waals surface area contributed by atoms with Crippen molar-refractivity contribution in [2.45, 2.75) is 32.4 Å². The normalized spacial score (nSPS) is 17.5. The average molecular weight is 465 g/mol. The molecule has 0 unspecified atom stereocenters. The summed E-state index contributed by atoms with van der Waals surface area (Å²) in [6.07, 6.45) is -2.92. The predicted octanol–water partition coefficient (Wildman–Crippen LogP) is 2.14. The zero-order chi connectivity index (χ0) is 17.1. The van der Waals surface area contributed by atoms with E-state index >= 15 is 0 Å². The molecule has 0 radical (unpaired) electrons. The van der Waals surface area contributed by atoms with E-state index in [-0.39, 0.29) is 30.5 Å². The van der Waals surface area contributed by atoms with E-state index in [9.17, 15) is 13.2 Å². The van der Waals surface area contributed by atoms with Crippen LogP contribution in [0.1, 0.15) is 26.2 Å². The maximum Gasteiger partial charge on any atom is 0.390 e. The quantitative estimate of drug-likeness (QED) is 0.250. The summed E-state index contributed by atoms with van der Waals surface area (Å²) in [6.45, 7) is 9.51. The number of hydrogen-bond acceptors (Lipinski definition) is 3. The van der Waals surface area contributed by atoms with Crippen LogP contribution < -0.4 is 10.6 Å². The average Bonchev–Trinajstić information content (AvgIpc) is 2.52. The smallest absolute Gasteiger partial charge is 0.356 e. The van der Waals surface area contributed by atoms with E-state index < -0.39 is 12.6 Å². The molecule has 0 aliphatic carbocycles. The van der Waals surface area contributed by atoms with E-state index in [2.05, 4.69) is 32.3 Å². The van der Waals surface area contributed by atoms with Gasteiger partial charge in [-0.1, -0.05) is 6.92 Å². The SMILES string of the molecule is CCN1CCN(CCCCNC(=NC)NCCC(F)(F)F)CC1.I. The standard InChI is InChI=1S/C15H30F3N5.HI/c1-3-22-10-12-23(13-11-22)9-5-4-7-20-14(19-2)21-8-6-15(16,17)18;/h3-13H2,1-2H3,(H2,19,20,21);1H. The molecule has 0 atom stereocenters. The van der Waals surface area contributed by atoms with Crippen molar-refractivity contribution in [1.29, 1.82) is 0 Å². The van der Waals surface area contributed by atoms with Crippen molar-refractivity contribution in [3.05, 3.63) is 0 Å². The minimum atomic E-state index is -4.13. The molecule has 0 spiro atoms. The number of halogens is 4. The molecule has 24 heavy (non-hydrogen) atoms. The van der Waals surface area contributed by atoms with Crippen molar-refractivity contribution in [1.82, 2.24) is 20.4 Å². The molecule has 2 N–H and O–H groups in total. The van der Waals surface area contributed by atoms with Crippen molar-refractivity contribution < 1.29 is 13.2 Å². The molecule has 9 heteroatoms. The largest absolute Gasteiger partial charge is 0.390 e. The topological polar surface area (TPSA) is 42.9 Å². The number of likely N-dealkylation sites (N-methyl/N-ethyl adjacent to an activating group) is 1. The molecule has 1 heterocycles. The third-order valence-corrected chi connectivity index (χ3v) is 4.03. The summed E-state index contributed by atoms with van der Waals surface area (Å²) in [7, 11) is 1.57. The van der Waals surface area contributed by atoms with Crippen LogP contribution >= 0.6 is 24.0 Å². The fraction of sp³-hybridized carbons (Fsp3) is 0.933. The number of nitrogens with zero attached hydrogens (tertiary/aromatic N) is 3. The van der Waals surface area contributed by atoms with E-state index in [0.717, 1.165) is 58.7 Å². The Morgan fingerprint density at radius 1 is 1.00 bits per heavy atom. The highest BCUT2D eigenvalue weighted by atomic mass is 127. The van der Waals surface area contributed by atoms with Gasteiger partial charge in [-0.15, -0.1) is 24.0 Å². The summed E-state index contributed by atoms with van der Waals surface area (Å²) in [5, 5.41) is 5.73. The van der Waals surface area contributed by atoms with Crippen LogP contribution in [-0.4, -0.2) is 81.3 Å². The maximum absolute atomic E-state index is 12.1. The number of nitrogens with one attached hydrogen (secondary N) is 2. The van der Waals surface area contributed by atoms with Crippen LogP contribution in [0, 0.1) is 0 Å². The van der Waals surface area contributed by atoms with Crippen molar-refractivity contribution in [3.8, 4) is 0 Å². The Kier molecular flexibility index (Phi) is 12.8. The second-order valence-electron chi connectivity index (χ2n) is 5.77. The highest BCUT2D eigenvalue weighted by Crippen LogP contribution is 2.17. The molecular formula is C15H31F3IN5. The number of piperazine rings is 1. The van der Waals surface area contributed by atoms with Gasteiger partial charge in [-0.25, -0.2) is 0 Å². The summed E-state index contributed by atoms with van der Waals surface area (Å²) < 4.78 is 36.2. The molecule has 0 aromatic carbocycles. The summed E-state index contributed by atoms with van der Waals surface area (Å²) in [5.74, 6) is 0.436. The lowest BCUT2D eigenvalue weighted by Gasteiger charge is -2.34. The molecule has 0 amide bonds. The number of unbranched alkanes of at least 4 members (excludes halogenated alkanes) is 1. The summed E-state index contributed by atoms with van der Waals surface area (Å²) in [4.78, 5) is 8.85. The van der Waals surface area contributed by atoms with E-state index in [1.54, 1.807) is 7.05 Å². The first kappa shape index (κ1) is 23.7. The Morgan fingerprint density at radius 2 is 1.58 bits per heavy atom. The van der Waals surface area contributed by atoms with Gasteiger partial charge >= 0.3 is 6.18 Å². The molecule has 5 nitrogen and oxygen atoms in total. The first-order valence-corrected chi connectivity index (χ1v) is 8.40. The second-order valence-corrected chi connectivity index (χ2v) is 5.77. The lowest BCUT2D eigenvalue weighted by Crippen LogP contribution is -2.46. The van der Waals surface area contributed by atoms with Gasteiger partial charge in [-0.05, 0) is 25.9 Å². The third-order valence-electron chi connectivity index (χ3n) is 4.03. The Labute approximate surface area is 160 Å². The maximum atomic E-state index is 12.1. The molecule has 0 bridgehead atoms. The fourth-order valence-electron chi connectivity index (χ4n) is 2.54. The van der Waals surface area contributed by atoms with Gasteiger partial charge in [0, 0.05) is 46.3 Å². The van der Waals surface area contributed by atoms with Crippen molar-refractivity contribution in [2.75, 3.05) is 59.4 Å². The number of rotatable bonds is 8. The zero-order valence-electron chi connectivity index (χ0n) is 14.7. The lowest BCUT2D eigenvalue weighted by atomic mass is 10.2. The molecule has 144 valence electrons. The Balaban J connectivity index is 0.00000529. The van der Waals surface area contributed by atoms with E-state index in [4.69, 9.17) is 0 Å². The van der Waals surface area contributed by atoms with E-state index in [1.807, 2.05) is 0 Å². The predicted molar refractivity (Wildman–Crippen MR) is 103 cm³/mol. The molecule has 0 aromatic rings. The van der Waals surface area contributed by atoms with Gasteiger partial charge in [-0.3, -0.25) is 4.99 Å². The highest BCUT2D eigenvalue weighted by Gasteiger charge is 2.26. The van der Waals surface area contributed by atoms with Gasteiger partial charge in [0.1, 0.15) is 0 Å². The van der Waals surface area contributed by atoms with Crippen molar-refractivity contribution in [3.63, 3.8) is 0 Å². The monoisotopic (exact) mass is 465 g/mol. The molecule has 0 saturated carbocycles. The van der Waals surface area contributed by atoms with Gasteiger partial charge in [0.05, 0.1) is 6.42 Å². The van der Waals surface area contributed by atoms with Crippen LogP contribution in [-0.2, 0) is 0 Å². The van der Waals surface area contributed by atoms with Crippen molar-refractivity contribution >= 4 is 29.9 Å². The second kappa shape index (κ2) is 13.0. The van der Waals surface area contributed by atoms with E-state index in [0.29, 0.717) is 5.96 Å². The Morgan fingerprint density at radius 3 is 2.12 bits per heavy atom. The molecule has 1 saturated heterocycles. The van der Waals surface area contributed by atoms with Gasteiger partial charge < -0.3 is 20.4 Å². The zero-order valence-corrected chi connectivity index (χ0v) is 17.0. The minimum Gasteiger partial charge on any atom is -0.356 e. The minimum absolute atomic E-state index is 0. The van der Waals surface area contributed by atoms with E-state index in [1.165, 1.54) is 0 Å². The summed E-state index contributed by atoms with van der Waals surface area (Å²) in [5.41, 5.74) is 0. The molecule has 0 aromatic heterocycles. The van der Waals surface area contributed by atoms with Gasteiger partial charge in [0.25, 0.3) is 0 Å². The first-order chi connectivity index (χ1) is 10.9. The number of guanidine groups is 1. The molecular weight excluding hydrogens is 434 g/mol. The number of alkyl halides is 3. The Bertz CT molecular complexity index is 344. The summed E-state index contributed by atoms with van der Waals surface area (Å²) >= 11 is 0. The molecule has 1 fully saturated rings. The van der Waals surface area contributed by atoms with Gasteiger partial charge in [0.15, 0.2) is 5.96 Å². The third kappa shape index (κ3) is 11.3. The fourth-order valence-corrected chi connectivity index (χ4v) is 2.54. The molecule has 1 aliphatic rings. The highest BCUT2D eigenvalue weighted by molar-refractivity contribution is 14.0. The first-order valence-electron chi connectivity index (χ1n) is 8.40. The summed E-state index contributed by atoms with van der Waals surface area (Å²) in [6, 6.07) is 0. The van der Waals surface area contributed by atoms with Crippen LogP contribution in [0.3, 0.4) is 0 Å². The van der Waals surface area contributed by atoms with Crippen LogP contribution in [0.15, 0.2) is 4.99 Å². The van der Waals surface area contributed by atoms with Crippen LogP contribution in [0.25, 0.3) is 0 Å². The lowest BCUT2D eigenvalue weighted by molar-refractivity contribution is -0.132. The van der Waals surface area contributed by atoms with Gasteiger partial charge in [-0.2, -0.15) is 13.2 Å². The van der Waals surface area contributed by atoms with Crippen molar-refractivity contribution in [2.24, 2.45) is 4.99 Å². The van der Waals surface area contributed by atoms with Crippen LogP contribution in [0.5, 0.6) is 0 Å². The van der Waals surface area contributed by atoms with Crippen LogP contribution in [0.4, 0.5) is 13.2 Å². The van der Waals surface area contributed by atoms with Gasteiger partial charge in [0.2, 0.25) is 0 Å². The Hall–Kier alpha value is -0.290. The molecule has 1 rings (SSSR count).